The van der Waals surface area contributed by atoms with E-state index >= 15 is 0 Å². The molecule has 0 aromatic heterocycles. The first kappa shape index (κ1) is 17.5. The Kier molecular flexibility index (Phi) is 4.47. The van der Waals surface area contributed by atoms with E-state index < -0.39 is 5.60 Å². The molecule has 0 bridgehead atoms. The Morgan fingerprint density at radius 2 is 2.00 bits per heavy atom. The van der Waals surface area contributed by atoms with Crippen LogP contribution >= 0.6 is 0 Å². The molecule has 124 valence electrons. The first-order valence-electron chi connectivity index (χ1n) is 8.57. The van der Waals surface area contributed by atoms with Crippen LogP contribution in [0.2, 0.25) is 0 Å². The number of aliphatic hydroxyl groups is 1. The van der Waals surface area contributed by atoms with Crippen LogP contribution in [0.25, 0.3) is 0 Å². The summed E-state index contributed by atoms with van der Waals surface area (Å²) in [7, 11) is 0. The zero-order valence-electron chi connectivity index (χ0n) is 14.7. The van der Waals surface area contributed by atoms with Crippen molar-refractivity contribution in [3.8, 4) is 0 Å². The maximum atomic E-state index is 12.4. The quantitative estimate of drug-likeness (QED) is 0.766. The van der Waals surface area contributed by atoms with Crippen molar-refractivity contribution in [2.75, 3.05) is 0 Å². The summed E-state index contributed by atoms with van der Waals surface area (Å²) in [5, 5.41) is 10.3. The highest BCUT2D eigenvalue weighted by Gasteiger charge is 2.55. The van der Waals surface area contributed by atoms with E-state index in [2.05, 4.69) is 33.9 Å². The second-order valence-electron chi connectivity index (χ2n) is 8.79. The minimum Gasteiger partial charge on any atom is -0.386 e. The third-order valence-corrected chi connectivity index (χ3v) is 6.39. The standard InChI is InChI=1S/C20H32O2/c1-7-19(5,22)11-10-16-14(2)8-9-17-18(3,4)12-15(21)13-20(16,17)6/h7,16-17,22H,1-2,8-13H2,3-6H3/t16-,17+,19+,20+/m0/s1. The number of carbonyl (C=O) groups is 1. The van der Waals surface area contributed by atoms with Gasteiger partial charge in [-0.05, 0) is 55.3 Å². The van der Waals surface area contributed by atoms with Crippen molar-refractivity contribution in [2.24, 2.45) is 22.7 Å². The van der Waals surface area contributed by atoms with Gasteiger partial charge in [-0.3, -0.25) is 4.79 Å². The van der Waals surface area contributed by atoms with Gasteiger partial charge in [-0.1, -0.05) is 39.0 Å². The monoisotopic (exact) mass is 304 g/mol. The van der Waals surface area contributed by atoms with E-state index in [-0.39, 0.29) is 10.8 Å². The highest BCUT2D eigenvalue weighted by Crippen LogP contribution is 2.61. The van der Waals surface area contributed by atoms with Gasteiger partial charge in [0.2, 0.25) is 0 Å². The summed E-state index contributed by atoms with van der Waals surface area (Å²) in [6.45, 7) is 16.6. The molecule has 22 heavy (non-hydrogen) atoms. The van der Waals surface area contributed by atoms with Crippen molar-refractivity contribution >= 4 is 5.78 Å². The number of carbonyl (C=O) groups excluding carboxylic acids is 1. The van der Waals surface area contributed by atoms with Crippen molar-refractivity contribution < 1.29 is 9.90 Å². The molecule has 0 unspecified atom stereocenters. The number of Topliss-reactive ketones (excluding diaryl/α,β-unsaturated/α-hetero) is 1. The first-order valence-corrected chi connectivity index (χ1v) is 8.57. The molecule has 4 atom stereocenters. The van der Waals surface area contributed by atoms with Gasteiger partial charge in [-0.2, -0.15) is 0 Å². The SMILES string of the molecule is C=C[C@@](C)(O)CC[C@H]1C(=C)CC[C@@H]2C(C)(C)CC(=O)C[C@@]21C. The highest BCUT2D eigenvalue weighted by atomic mass is 16.3. The van der Waals surface area contributed by atoms with Gasteiger partial charge in [0, 0.05) is 12.8 Å². The lowest BCUT2D eigenvalue weighted by molar-refractivity contribution is -0.138. The predicted octanol–water partition coefficient (Wildman–Crippen LogP) is 4.68. The van der Waals surface area contributed by atoms with E-state index in [0.717, 1.165) is 19.3 Å². The van der Waals surface area contributed by atoms with Gasteiger partial charge >= 0.3 is 0 Å². The average Bonchev–Trinajstić information content (AvgIpc) is 2.35. The molecule has 2 saturated carbocycles. The van der Waals surface area contributed by atoms with Crippen LogP contribution in [-0.4, -0.2) is 16.5 Å². The molecule has 0 heterocycles. The van der Waals surface area contributed by atoms with E-state index in [0.29, 0.717) is 36.9 Å². The number of hydrogen-bond acceptors (Lipinski definition) is 2. The second-order valence-corrected chi connectivity index (χ2v) is 8.79. The third-order valence-electron chi connectivity index (χ3n) is 6.39. The molecule has 2 aliphatic rings. The second kappa shape index (κ2) is 5.63. The molecule has 2 rings (SSSR count). The Morgan fingerprint density at radius 1 is 1.36 bits per heavy atom. The lowest BCUT2D eigenvalue weighted by Crippen LogP contribution is -2.52. The van der Waals surface area contributed by atoms with E-state index in [9.17, 15) is 9.90 Å². The van der Waals surface area contributed by atoms with Crippen LogP contribution in [0.15, 0.2) is 24.8 Å². The molecule has 0 aliphatic heterocycles. The Balaban J connectivity index is 2.28. The number of fused-ring (bicyclic) bond motifs is 1. The summed E-state index contributed by atoms with van der Waals surface area (Å²) >= 11 is 0. The van der Waals surface area contributed by atoms with Gasteiger partial charge in [-0.15, -0.1) is 6.58 Å². The predicted molar refractivity (Wildman–Crippen MR) is 91.5 cm³/mol. The zero-order chi connectivity index (χ0) is 16.8. The van der Waals surface area contributed by atoms with Crippen molar-refractivity contribution in [3.05, 3.63) is 24.8 Å². The smallest absolute Gasteiger partial charge is 0.134 e. The van der Waals surface area contributed by atoms with Crippen LogP contribution in [-0.2, 0) is 4.79 Å². The topological polar surface area (TPSA) is 37.3 Å². The van der Waals surface area contributed by atoms with Crippen LogP contribution in [0.1, 0.15) is 66.2 Å². The van der Waals surface area contributed by atoms with E-state index in [4.69, 9.17) is 0 Å². The van der Waals surface area contributed by atoms with Gasteiger partial charge in [0.25, 0.3) is 0 Å². The summed E-state index contributed by atoms with van der Waals surface area (Å²) in [6.07, 6.45) is 6.75. The fraction of sp³-hybridized carbons (Fsp3) is 0.750. The van der Waals surface area contributed by atoms with Crippen molar-refractivity contribution in [1.29, 1.82) is 0 Å². The summed E-state index contributed by atoms with van der Waals surface area (Å²) in [5.74, 6) is 1.27. The molecule has 0 aromatic carbocycles. The fourth-order valence-corrected chi connectivity index (χ4v) is 5.26. The zero-order valence-corrected chi connectivity index (χ0v) is 14.7. The minimum atomic E-state index is -0.836. The van der Waals surface area contributed by atoms with Crippen molar-refractivity contribution in [1.82, 2.24) is 0 Å². The van der Waals surface area contributed by atoms with Gasteiger partial charge in [0.05, 0.1) is 5.60 Å². The molecular weight excluding hydrogens is 272 g/mol. The molecule has 1 N–H and O–H groups in total. The Labute approximate surface area is 135 Å². The van der Waals surface area contributed by atoms with Crippen LogP contribution in [0, 0.1) is 22.7 Å². The molecule has 0 aromatic rings. The molecule has 2 heteroatoms. The van der Waals surface area contributed by atoms with Crippen molar-refractivity contribution in [3.63, 3.8) is 0 Å². The first-order chi connectivity index (χ1) is 10.0. The molecular formula is C20H32O2. The largest absolute Gasteiger partial charge is 0.386 e. The average molecular weight is 304 g/mol. The highest BCUT2D eigenvalue weighted by molar-refractivity contribution is 5.81. The lowest BCUT2D eigenvalue weighted by Gasteiger charge is -2.57. The maximum Gasteiger partial charge on any atom is 0.134 e. The van der Waals surface area contributed by atoms with Crippen LogP contribution < -0.4 is 0 Å². The number of rotatable bonds is 4. The summed E-state index contributed by atoms with van der Waals surface area (Å²) in [6, 6.07) is 0. The molecule has 0 saturated heterocycles. The van der Waals surface area contributed by atoms with Crippen molar-refractivity contribution in [2.45, 2.75) is 71.8 Å². The summed E-state index contributed by atoms with van der Waals surface area (Å²) in [5.41, 5.74) is 0.497. The number of allylic oxidation sites excluding steroid dienone is 1. The Hall–Kier alpha value is -0.890. The minimum absolute atomic E-state index is 0.00852. The van der Waals surface area contributed by atoms with Gasteiger partial charge in [0.15, 0.2) is 0 Å². The molecule has 2 aliphatic carbocycles. The van der Waals surface area contributed by atoms with E-state index in [1.54, 1.807) is 13.0 Å². The third kappa shape index (κ3) is 3.08. The summed E-state index contributed by atoms with van der Waals surface area (Å²) < 4.78 is 0. The normalized spacial score (nSPS) is 37.3. The molecule has 0 spiro atoms. The van der Waals surface area contributed by atoms with Crippen LogP contribution in [0.5, 0.6) is 0 Å². The van der Waals surface area contributed by atoms with Crippen LogP contribution in [0.4, 0.5) is 0 Å². The van der Waals surface area contributed by atoms with Gasteiger partial charge in [-0.25, -0.2) is 0 Å². The molecule has 2 nitrogen and oxygen atoms in total. The Morgan fingerprint density at radius 3 is 2.59 bits per heavy atom. The number of hydrogen-bond donors (Lipinski definition) is 1. The molecule has 0 radical (unpaired) electrons. The summed E-state index contributed by atoms with van der Waals surface area (Å²) in [4.78, 5) is 12.4. The van der Waals surface area contributed by atoms with Gasteiger partial charge < -0.3 is 5.11 Å². The molecule has 0 amide bonds. The maximum absolute atomic E-state index is 12.4. The lowest BCUT2D eigenvalue weighted by atomic mass is 9.47. The fourth-order valence-electron chi connectivity index (χ4n) is 5.26. The van der Waals surface area contributed by atoms with Crippen LogP contribution in [0.3, 0.4) is 0 Å². The van der Waals surface area contributed by atoms with E-state index in [1.807, 2.05) is 0 Å². The Bertz CT molecular complexity index is 486. The number of ketones is 1. The molecule has 2 fully saturated rings. The van der Waals surface area contributed by atoms with Gasteiger partial charge in [0.1, 0.15) is 5.78 Å². The van der Waals surface area contributed by atoms with E-state index in [1.165, 1.54) is 5.57 Å².